The lowest BCUT2D eigenvalue weighted by molar-refractivity contribution is -0.274. The van der Waals surface area contributed by atoms with Crippen LogP contribution in [0.4, 0.5) is 39.7 Å². The third-order valence-corrected chi connectivity index (χ3v) is 5.36. The summed E-state index contributed by atoms with van der Waals surface area (Å²) in [7, 11) is 0. The maximum atomic E-state index is 14.9. The molecule has 9 nitrogen and oxygen atoms in total. The molecule has 0 radical (unpaired) electrons. The second-order valence-corrected chi connectivity index (χ2v) is 9.57. The van der Waals surface area contributed by atoms with Gasteiger partial charge in [-0.25, -0.2) is 14.2 Å². The summed E-state index contributed by atoms with van der Waals surface area (Å²) in [5.41, 5.74) is 4.47. The van der Waals surface area contributed by atoms with Crippen molar-refractivity contribution in [2.45, 2.75) is 70.5 Å². The molecular weight excluding hydrogens is 498 g/mol. The van der Waals surface area contributed by atoms with E-state index in [1.54, 1.807) is 20.8 Å². The number of amides is 2. The van der Waals surface area contributed by atoms with Crippen molar-refractivity contribution < 1.29 is 36.6 Å². The molecule has 3 rings (SSSR count). The number of nitrogens with one attached hydrogen (secondary N) is 3. The fourth-order valence-electron chi connectivity index (χ4n) is 3.89. The number of primary amides is 1. The van der Waals surface area contributed by atoms with Crippen LogP contribution in [0.3, 0.4) is 0 Å². The minimum atomic E-state index is -4.90. The molecule has 0 aliphatic heterocycles. The quantitative estimate of drug-likeness (QED) is 0.364. The van der Waals surface area contributed by atoms with E-state index < -0.39 is 41.6 Å². The number of hydrogen-bond acceptors (Lipinski definition) is 7. The number of aromatic nitrogens is 1. The highest BCUT2D eigenvalue weighted by molar-refractivity contribution is 5.98. The average Bonchev–Trinajstić information content (AvgIpc) is 2.74. The number of carbonyl (C=O) groups excluding carboxylic acids is 2. The van der Waals surface area contributed by atoms with Crippen LogP contribution in [0, 0.1) is 5.82 Å². The molecule has 2 amide bonds. The summed E-state index contributed by atoms with van der Waals surface area (Å²) in [5, 5.41) is 8.48. The smallest absolute Gasteiger partial charge is 0.444 e. The van der Waals surface area contributed by atoms with Crippen molar-refractivity contribution in [2.75, 3.05) is 10.6 Å². The number of alkyl carbamates (subject to hydrolysis) is 1. The Morgan fingerprint density at radius 2 is 1.73 bits per heavy atom. The van der Waals surface area contributed by atoms with E-state index in [2.05, 4.69) is 25.7 Å². The largest absolute Gasteiger partial charge is 0.573 e. The maximum Gasteiger partial charge on any atom is 0.573 e. The fourth-order valence-corrected chi connectivity index (χ4v) is 3.89. The van der Waals surface area contributed by atoms with Gasteiger partial charge in [-0.1, -0.05) is 18.9 Å². The number of nitrogens with zero attached hydrogens (tertiary/aromatic N) is 1. The summed E-state index contributed by atoms with van der Waals surface area (Å²) >= 11 is 0. The molecule has 1 aromatic heterocycles. The SMILES string of the molecule is CC(C)(C)OC(=O)N[C@H]1CCCC[C@H]1Nc1nc(Nc2cccc(OC(F)(F)F)c2)c(C(N)=O)cc1F. The van der Waals surface area contributed by atoms with Gasteiger partial charge in [0.15, 0.2) is 11.6 Å². The normalized spacial score (nSPS) is 18.0. The predicted molar refractivity (Wildman–Crippen MR) is 128 cm³/mol. The summed E-state index contributed by atoms with van der Waals surface area (Å²) in [4.78, 5) is 28.4. The van der Waals surface area contributed by atoms with E-state index >= 15 is 0 Å². The first-order valence-electron chi connectivity index (χ1n) is 11.6. The van der Waals surface area contributed by atoms with Crippen LogP contribution in [-0.2, 0) is 4.74 Å². The number of ether oxygens (including phenoxy) is 2. The van der Waals surface area contributed by atoms with Gasteiger partial charge >= 0.3 is 12.5 Å². The maximum absolute atomic E-state index is 14.9. The van der Waals surface area contributed by atoms with E-state index in [0.29, 0.717) is 12.8 Å². The molecule has 37 heavy (non-hydrogen) atoms. The monoisotopic (exact) mass is 527 g/mol. The third-order valence-electron chi connectivity index (χ3n) is 5.36. The zero-order chi connectivity index (χ0) is 27.4. The second kappa shape index (κ2) is 11.1. The molecule has 202 valence electrons. The van der Waals surface area contributed by atoms with Crippen molar-refractivity contribution in [1.82, 2.24) is 10.3 Å². The molecule has 1 saturated carbocycles. The second-order valence-electron chi connectivity index (χ2n) is 9.57. The van der Waals surface area contributed by atoms with Crippen LogP contribution in [0.5, 0.6) is 5.75 Å². The van der Waals surface area contributed by atoms with Gasteiger partial charge in [0.25, 0.3) is 5.91 Å². The molecule has 0 saturated heterocycles. The van der Waals surface area contributed by atoms with E-state index in [9.17, 15) is 27.2 Å². The van der Waals surface area contributed by atoms with Crippen molar-refractivity contribution in [3.05, 3.63) is 41.7 Å². The zero-order valence-electron chi connectivity index (χ0n) is 20.5. The third kappa shape index (κ3) is 8.40. The van der Waals surface area contributed by atoms with E-state index in [4.69, 9.17) is 10.5 Å². The highest BCUT2D eigenvalue weighted by Gasteiger charge is 2.32. The Bertz CT molecular complexity index is 1140. The first-order chi connectivity index (χ1) is 17.2. The fraction of sp³-hybridized carbons (Fsp3) is 0.458. The summed E-state index contributed by atoms with van der Waals surface area (Å²) in [6.45, 7) is 5.21. The Hall–Kier alpha value is -3.77. The van der Waals surface area contributed by atoms with Crippen molar-refractivity contribution in [1.29, 1.82) is 0 Å². The van der Waals surface area contributed by atoms with Crippen LogP contribution < -0.4 is 26.4 Å². The Balaban J connectivity index is 1.84. The number of benzene rings is 1. The molecular formula is C24H29F4N5O4. The highest BCUT2D eigenvalue weighted by Crippen LogP contribution is 2.30. The number of anilines is 3. The molecule has 2 atom stereocenters. The number of alkyl halides is 3. The summed E-state index contributed by atoms with van der Waals surface area (Å²) < 4.78 is 61.9. The summed E-state index contributed by atoms with van der Waals surface area (Å²) in [6.07, 6.45) is -2.62. The van der Waals surface area contributed by atoms with Gasteiger partial charge in [-0.3, -0.25) is 4.79 Å². The van der Waals surface area contributed by atoms with Gasteiger partial charge in [-0.05, 0) is 51.8 Å². The van der Waals surface area contributed by atoms with E-state index in [1.807, 2.05) is 0 Å². The van der Waals surface area contributed by atoms with Gasteiger partial charge in [0.1, 0.15) is 17.2 Å². The molecule has 1 heterocycles. The van der Waals surface area contributed by atoms with Gasteiger partial charge in [0.2, 0.25) is 0 Å². The lowest BCUT2D eigenvalue weighted by Gasteiger charge is -2.34. The number of rotatable bonds is 7. The number of nitrogens with two attached hydrogens (primary N) is 1. The molecule has 1 aromatic carbocycles. The molecule has 0 spiro atoms. The topological polar surface area (TPSA) is 128 Å². The molecule has 0 bridgehead atoms. The minimum Gasteiger partial charge on any atom is -0.444 e. The molecule has 13 heteroatoms. The summed E-state index contributed by atoms with van der Waals surface area (Å²) in [6, 6.07) is 4.94. The minimum absolute atomic E-state index is 0.0939. The van der Waals surface area contributed by atoms with Crippen molar-refractivity contribution >= 4 is 29.3 Å². The van der Waals surface area contributed by atoms with Crippen LogP contribution in [-0.4, -0.2) is 41.0 Å². The van der Waals surface area contributed by atoms with Gasteiger partial charge < -0.3 is 31.2 Å². The number of pyridine rings is 1. The molecule has 1 aliphatic rings. The van der Waals surface area contributed by atoms with Crippen LogP contribution in [0.15, 0.2) is 30.3 Å². The van der Waals surface area contributed by atoms with Crippen molar-refractivity contribution in [2.24, 2.45) is 5.73 Å². The number of halogens is 4. The van der Waals surface area contributed by atoms with Gasteiger partial charge in [0.05, 0.1) is 11.6 Å². The van der Waals surface area contributed by atoms with Crippen molar-refractivity contribution in [3.63, 3.8) is 0 Å². The molecule has 1 aliphatic carbocycles. The Morgan fingerprint density at radius 3 is 2.35 bits per heavy atom. The average molecular weight is 528 g/mol. The van der Waals surface area contributed by atoms with Gasteiger partial charge in [-0.2, -0.15) is 0 Å². The van der Waals surface area contributed by atoms with Crippen LogP contribution >= 0.6 is 0 Å². The molecule has 5 N–H and O–H groups in total. The van der Waals surface area contributed by atoms with Crippen LogP contribution in [0.25, 0.3) is 0 Å². The Kier molecular flexibility index (Phi) is 8.34. The zero-order valence-corrected chi connectivity index (χ0v) is 20.5. The van der Waals surface area contributed by atoms with Crippen molar-refractivity contribution in [3.8, 4) is 5.75 Å². The van der Waals surface area contributed by atoms with Crippen LogP contribution in [0.2, 0.25) is 0 Å². The first kappa shape index (κ1) is 27.8. The van der Waals surface area contributed by atoms with E-state index in [0.717, 1.165) is 31.0 Å². The standard InChI is InChI=1S/C24H29F4N5O4/c1-23(2,3)37-22(35)32-18-10-5-4-9-17(18)31-21-16(25)12-15(19(29)34)20(33-21)30-13-7-6-8-14(11-13)36-24(26,27)28/h6-8,11-12,17-18H,4-5,9-10H2,1-3H3,(H2,29,34)(H,32,35)(H2,30,31,33)/t17-,18+/m1/s1. The van der Waals surface area contributed by atoms with Crippen LogP contribution in [0.1, 0.15) is 56.8 Å². The molecule has 0 unspecified atom stereocenters. The Morgan fingerprint density at radius 1 is 1.05 bits per heavy atom. The van der Waals surface area contributed by atoms with Gasteiger partial charge in [0, 0.05) is 17.8 Å². The number of carbonyl (C=O) groups is 2. The number of hydrogen-bond donors (Lipinski definition) is 4. The lowest BCUT2D eigenvalue weighted by Crippen LogP contribution is -2.50. The predicted octanol–water partition coefficient (Wildman–Crippen LogP) is 5.21. The summed E-state index contributed by atoms with van der Waals surface area (Å²) in [5.74, 6) is -2.76. The highest BCUT2D eigenvalue weighted by atomic mass is 19.4. The lowest BCUT2D eigenvalue weighted by atomic mass is 9.90. The molecule has 1 fully saturated rings. The van der Waals surface area contributed by atoms with E-state index in [-0.39, 0.29) is 28.9 Å². The van der Waals surface area contributed by atoms with Gasteiger partial charge in [-0.15, -0.1) is 13.2 Å². The molecule has 2 aromatic rings. The first-order valence-corrected chi connectivity index (χ1v) is 11.6. The van der Waals surface area contributed by atoms with E-state index in [1.165, 1.54) is 12.1 Å². The Labute approximate surface area is 211 Å².